The van der Waals surface area contributed by atoms with E-state index in [0.717, 1.165) is 41.8 Å². The highest BCUT2D eigenvalue weighted by Gasteiger charge is 2.30. The third-order valence-corrected chi connectivity index (χ3v) is 4.83. The van der Waals surface area contributed by atoms with E-state index in [1.807, 2.05) is 11.6 Å². The van der Waals surface area contributed by atoms with Crippen molar-refractivity contribution in [3.8, 4) is 11.4 Å². The molecule has 0 fully saturated rings. The van der Waals surface area contributed by atoms with Crippen LogP contribution in [0.1, 0.15) is 24.5 Å². The molecular weight excluding hydrogens is 381 g/mol. The summed E-state index contributed by atoms with van der Waals surface area (Å²) in [5.41, 5.74) is 1.36. The Balaban J connectivity index is 1.61. The first-order valence-electron chi connectivity index (χ1n) is 9.37. The van der Waals surface area contributed by atoms with Crippen molar-refractivity contribution in [2.45, 2.75) is 26.1 Å². The normalized spacial score (nSPS) is 13.8. The minimum atomic E-state index is -4.36. The molecule has 0 spiro atoms. The van der Waals surface area contributed by atoms with Gasteiger partial charge in [-0.25, -0.2) is 9.98 Å². The van der Waals surface area contributed by atoms with Gasteiger partial charge in [0.1, 0.15) is 17.8 Å². The maximum absolute atomic E-state index is 12.9. The Hall–Kier alpha value is -3.10. The summed E-state index contributed by atoms with van der Waals surface area (Å²) in [4.78, 5) is 11.3. The summed E-state index contributed by atoms with van der Waals surface area (Å²) in [6.07, 6.45) is 2.20. The van der Waals surface area contributed by atoms with Gasteiger partial charge < -0.3 is 9.47 Å². The first-order valence-corrected chi connectivity index (χ1v) is 9.37. The van der Waals surface area contributed by atoms with Gasteiger partial charge in [-0.1, -0.05) is 19.1 Å². The lowest BCUT2D eigenvalue weighted by atomic mass is 10.1. The smallest absolute Gasteiger partial charge is 0.356 e. The van der Waals surface area contributed by atoms with Crippen molar-refractivity contribution in [3.63, 3.8) is 0 Å². The molecule has 4 rings (SSSR count). The topological polar surface area (TPSA) is 51.2 Å². The van der Waals surface area contributed by atoms with Gasteiger partial charge >= 0.3 is 6.18 Å². The van der Waals surface area contributed by atoms with Gasteiger partial charge in [0.25, 0.3) is 0 Å². The highest BCUT2D eigenvalue weighted by Crippen LogP contribution is 2.29. The largest absolute Gasteiger partial charge is 0.416 e. The molecule has 0 saturated carbocycles. The van der Waals surface area contributed by atoms with Gasteiger partial charge in [0.05, 0.1) is 23.9 Å². The Morgan fingerprint density at radius 3 is 2.79 bits per heavy atom. The second kappa shape index (κ2) is 7.38. The summed E-state index contributed by atoms with van der Waals surface area (Å²) in [7, 11) is 1.92. The van der Waals surface area contributed by atoms with Gasteiger partial charge in [-0.05, 0) is 24.1 Å². The summed E-state index contributed by atoms with van der Waals surface area (Å²) < 4.78 is 42.3. The number of hydrogen-bond donors (Lipinski definition) is 0. The number of hydrogen-bond acceptors (Lipinski definition) is 4. The molecule has 6 nitrogen and oxygen atoms in total. The zero-order valence-electron chi connectivity index (χ0n) is 16.2. The van der Waals surface area contributed by atoms with Crippen molar-refractivity contribution >= 4 is 6.20 Å². The maximum atomic E-state index is 12.9. The highest BCUT2D eigenvalue weighted by atomic mass is 19.4. The second-order valence-electron chi connectivity index (χ2n) is 7.07. The first-order chi connectivity index (χ1) is 13.8. The molecule has 9 heteroatoms. The van der Waals surface area contributed by atoms with Crippen LogP contribution in [0.15, 0.2) is 41.7 Å². The Morgan fingerprint density at radius 1 is 1.21 bits per heavy atom. The fraction of sp³-hybridized carbons (Fsp3) is 0.350. The van der Waals surface area contributed by atoms with Crippen molar-refractivity contribution in [1.29, 1.82) is 0 Å². The van der Waals surface area contributed by atoms with Gasteiger partial charge in [-0.2, -0.15) is 18.3 Å². The molecule has 152 valence electrons. The van der Waals surface area contributed by atoms with Crippen LogP contribution < -0.4 is 10.8 Å². The van der Waals surface area contributed by atoms with E-state index in [9.17, 15) is 13.2 Å². The van der Waals surface area contributed by atoms with Crippen LogP contribution in [0.4, 0.5) is 13.2 Å². The molecule has 0 N–H and O–H groups in total. The van der Waals surface area contributed by atoms with Crippen LogP contribution in [-0.4, -0.2) is 37.4 Å². The number of halogens is 3. The molecule has 0 bridgehead atoms. The predicted molar refractivity (Wildman–Crippen MR) is 102 cm³/mol. The van der Waals surface area contributed by atoms with Gasteiger partial charge in [-0.3, -0.25) is 4.68 Å². The molecule has 0 radical (unpaired) electrons. The zero-order valence-corrected chi connectivity index (χ0v) is 16.2. The van der Waals surface area contributed by atoms with Crippen molar-refractivity contribution < 1.29 is 13.2 Å². The number of aromatic nitrogens is 4. The number of nitrogens with zero attached hydrogens (tertiary/aromatic N) is 6. The SMILES string of the molecule is CCCN1C=c2c(nc(-c3cnn(Cc4cccc(C(F)(F)F)c4)c3)n2C)=NC1. The maximum Gasteiger partial charge on any atom is 0.416 e. The van der Waals surface area contributed by atoms with E-state index in [2.05, 4.69) is 33.1 Å². The first kappa shape index (κ1) is 19.2. The summed E-state index contributed by atoms with van der Waals surface area (Å²) >= 11 is 0. The van der Waals surface area contributed by atoms with Crippen LogP contribution in [0.5, 0.6) is 0 Å². The van der Waals surface area contributed by atoms with E-state index in [-0.39, 0.29) is 6.54 Å². The molecular formula is C20H21F3N6. The van der Waals surface area contributed by atoms with E-state index >= 15 is 0 Å². The number of rotatable bonds is 5. The summed E-state index contributed by atoms with van der Waals surface area (Å²) in [6.45, 7) is 3.89. The van der Waals surface area contributed by atoms with Crippen molar-refractivity contribution in [3.05, 3.63) is 58.6 Å². The van der Waals surface area contributed by atoms with Crippen LogP contribution in [0.3, 0.4) is 0 Å². The second-order valence-corrected chi connectivity index (χ2v) is 7.07. The van der Waals surface area contributed by atoms with Crippen molar-refractivity contribution in [2.75, 3.05) is 13.2 Å². The molecule has 1 aliphatic rings. The Bertz CT molecular complexity index is 1140. The lowest BCUT2D eigenvalue weighted by Gasteiger charge is -2.18. The lowest BCUT2D eigenvalue weighted by Crippen LogP contribution is -2.38. The van der Waals surface area contributed by atoms with Gasteiger partial charge in [0, 0.05) is 26.0 Å². The number of fused-ring (bicyclic) bond motifs is 1. The van der Waals surface area contributed by atoms with Crippen LogP contribution in [0.25, 0.3) is 17.6 Å². The van der Waals surface area contributed by atoms with Crippen molar-refractivity contribution in [2.24, 2.45) is 12.0 Å². The molecule has 29 heavy (non-hydrogen) atoms. The van der Waals surface area contributed by atoms with E-state index in [1.165, 1.54) is 6.07 Å². The minimum Gasteiger partial charge on any atom is -0.356 e. The Labute approximate surface area is 165 Å². The fourth-order valence-corrected chi connectivity index (χ4v) is 3.41. The van der Waals surface area contributed by atoms with E-state index in [1.54, 1.807) is 23.1 Å². The Morgan fingerprint density at radius 2 is 2.03 bits per heavy atom. The third kappa shape index (κ3) is 3.90. The van der Waals surface area contributed by atoms with Gasteiger partial charge in [0.15, 0.2) is 5.49 Å². The fourth-order valence-electron chi connectivity index (χ4n) is 3.41. The quantitative estimate of drug-likeness (QED) is 0.659. The summed E-state index contributed by atoms with van der Waals surface area (Å²) in [5, 5.41) is 5.24. The molecule has 0 aliphatic carbocycles. The molecule has 0 unspecified atom stereocenters. The average molecular weight is 402 g/mol. The van der Waals surface area contributed by atoms with Crippen LogP contribution >= 0.6 is 0 Å². The Kier molecular flexibility index (Phi) is 4.89. The molecule has 2 aromatic heterocycles. The lowest BCUT2D eigenvalue weighted by molar-refractivity contribution is -0.137. The van der Waals surface area contributed by atoms with E-state index < -0.39 is 11.7 Å². The van der Waals surface area contributed by atoms with E-state index in [0.29, 0.717) is 17.7 Å². The van der Waals surface area contributed by atoms with Crippen LogP contribution in [-0.2, 0) is 19.8 Å². The summed E-state index contributed by atoms with van der Waals surface area (Å²) in [6, 6.07) is 5.29. The molecule has 3 heterocycles. The highest BCUT2D eigenvalue weighted by molar-refractivity contribution is 5.53. The molecule has 1 aliphatic heterocycles. The monoisotopic (exact) mass is 402 g/mol. The third-order valence-electron chi connectivity index (χ3n) is 4.83. The molecule has 1 aromatic carbocycles. The predicted octanol–water partition coefficient (Wildman–Crippen LogP) is 2.39. The standard InChI is InChI=1S/C20H21F3N6/c1-3-7-28-12-17-18(24-13-28)26-19(27(17)2)15-9-25-29(11-15)10-14-5-4-6-16(8-14)20(21,22)23/h4-6,8-9,11-12H,3,7,10,13H2,1-2H3. The number of benzene rings is 1. The molecule has 3 aromatic rings. The van der Waals surface area contributed by atoms with Crippen molar-refractivity contribution in [1.82, 2.24) is 24.2 Å². The molecule has 0 atom stereocenters. The minimum absolute atomic E-state index is 0.245. The van der Waals surface area contributed by atoms with E-state index in [4.69, 9.17) is 0 Å². The van der Waals surface area contributed by atoms with Crippen LogP contribution in [0.2, 0.25) is 0 Å². The zero-order chi connectivity index (χ0) is 20.6. The average Bonchev–Trinajstić information content (AvgIpc) is 3.26. The van der Waals surface area contributed by atoms with Gasteiger partial charge in [-0.15, -0.1) is 0 Å². The summed E-state index contributed by atoms with van der Waals surface area (Å²) in [5.74, 6) is 0.726. The van der Waals surface area contributed by atoms with Gasteiger partial charge in [0.2, 0.25) is 0 Å². The molecule has 0 amide bonds. The molecule has 0 saturated heterocycles. The number of imidazole rings is 1. The van der Waals surface area contributed by atoms with Crippen LogP contribution in [0, 0.1) is 0 Å². The number of alkyl halides is 3.